The SMILES string of the molecule is Nc1cc(Oc2cc(Cl)cc(Cl)c2)nc(C2CC2)n1. The van der Waals surface area contributed by atoms with Gasteiger partial charge >= 0.3 is 0 Å². The Morgan fingerprint density at radius 3 is 2.37 bits per heavy atom. The van der Waals surface area contributed by atoms with Crippen molar-refractivity contribution in [3.63, 3.8) is 0 Å². The molecule has 0 amide bonds. The number of ether oxygens (including phenoxy) is 1. The fraction of sp³-hybridized carbons (Fsp3) is 0.231. The van der Waals surface area contributed by atoms with Crippen molar-refractivity contribution >= 4 is 29.0 Å². The molecule has 98 valence electrons. The fourth-order valence-electron chi connectivity index (χ4n) is 1.75. The van der Waals surface area contributed by atoms with Crippen LogP contribution in [-0.4, -0.2) is 9.97 Å². The van der Waals surface area contributed by atoms with Crippen molar-refractivity contribution in [1.29, 1.82) is 0 Å². The van der Waals surface area contributed by atoms with Crippen LogP contribution < -0.4 is 10.5 Å². The fourth-order valence-corrected chi connectivity index (χ4v) is 2.25. The smallest absolute Gasteiger partial charge is 0.224 e. The maximum absolute atomic E-state index is 5.92. The standard InChI is InChI=1S/C13H11Cl2N3O/c14-8-3-9(15)5-10(4-8)19-12-6-11(16)17-13(18-12)7-1-2-7/h3-7H,1-2H2,(H2,16,17,18). The highest BCUT2D eigenvalue weighted by molar-refractivity contribution is 6.34. The molecule has 1 saturated carbocycles. The van der Waals surface area contributed by atoms with Gasteiger partial charge in [0.25, 0.3) is 0 Å². The van der Waals surface area contributed by atoms with Gasteiger partial charge in [-0.1, -0.05) is 23.2 Å². The number of anilines is 1. The Morgan fingerprint density at radius 1 is 1.05 bits per heavy atom. The maximum atomic E-state index is 5.92. The van der Waals surface area contributed by atoms with Crippen molar-refractivity contribution in [2.75, 3.05) is 5.73 Å². The Morgan fingerprint density at radius 2 is 1.74 bits per heavy atom. The number of benzene rings is 1. The first-order chi connectivity index (χ1) is 9.10. The molecule has 19 heavy (non-hydrogen) atoms. The van der Waals surface area contributed by atoms with Crippen LogP contribution in [0.2, 0.25) is 10.0 Å². The minimum atomic E-state index is 0.403. The number of nitrogen functional groups attached to an aromatic ring is 1. The van der Waals surface area contributed by atoms with Crippen molar-refractivity contribution in [2.24, 2.45) is 0 Å². The molecule has 1 fully saturated rings. The number of hydrogen-bond donors (Lipinski definition) is 1. The van der Waals surface area contributed by atoms with Crippen molar-refractivity contribution < 1.29 is 4.74 Å². The van der Waals surface area contributed by atoms with Crippen LogP contribution in [0.3, 0.4) is 0 Å². The first kappa shape index (κ1) is 12.5. The summed E-state index contributed by atoms with van der Waals surface area (Å²) in [5.74, 6) is 2.49. The van der Waals surface area contributed by atoms with Gasteiger partial charge in [-0.3, -0.25) is 0 Å². The van der Waals surface area contributed by atoms with E-state index in [0.29, 0.717) is 33.4 Å². The van der Waals surface area contributed by atoms with E-state index in [0.717, 1.165) is 18.7 Å². The van der Waals surface area contributed by atoms with E-state index in [9.17, 15) is 0 Å². The number of nitrogens with zero attached hydrogens (tertiary/aromatic N) is 2. The van der Waals surface area contributed by atoms with Gasteiger partial charge in [-0.05, 0) is 31.0 Å². The Hall–Kier alpha value is -1.52. The molecule has 2 aromatic rings. The summed E-state index contributed by atoms with van der Waals surface area (Å²) < 4.78 is 5.64. The summed E-state index contributed by atoms with van der Waals surface area (Å²) in [5.41, 5.74) is 5.76. The molecule has 6 heteroatoms. The second-order valence-corrected chi connectivity index (χ2v) is 5.34. The molecule has 4 nitrogen and oxygen atoms in total. The summed E-state index contributed by atoms with van der Waals surface area (Å²) in [6.45, 7) is 0. The van der Waals surface area contributed by atoms with Crippen LogP contribution in [-0.2, 0) is 0 Å². The zero-order valence-electron chi connectivity index (χ0n) is 9.94. The van der Waals surface area contributed by atoms with Crippen LogP contribution in [0.5, 0.6) is 11.6 Å². The zero-order valence-corrected chi connectivity index (χ0v) is 11.4. The molecule has 1 aromatic carbocycles. The van der Waals surface area contributed by atoms with Crippen molar-refractivity contribution in [3.8, 4) is 11.6 Å². The molecular formula is C13H11Cl2N3O. The minimum absolute atomic E-state index is 0.403. The molecule has 0 bridgehead atoms. The monoisotopic (exact) mass is 295 g/mol. The van der Waals surface area contributed by atoms with Crippen LogP contribution in [0, 0.1) is 0 Å². The summed E-state index contributed by atoms with van der Waals surface area (Å²) in [7, 11) is 0. The number of aromatic nitrogens is 2. The minimum Gasteiger partial charge on any atom is -0.439 e. The van der Waals surface area contributed by atoms with Gasteiger partial charge in [0.05, 0.1) is 0 Å². The summed E-state index contributed by atoms with van der Waals surface area (Å²) in [6.07, 6.45) is 2.21. The molecule has 0 saturated heterocycles. The molecule has 0 radical (unpaired) electrons. The lowest BCUT2D eigenvalue weighted by atomic mass is 10.3. The third-order valence-electron chi connectivity index (χ3n) is 2.74. The normalized spacial score (nSPS) is 14.4. The van der Waals surface area contributed by atoms with E-state index < -0.39 is 0 Å². The highest BCUT2D eigenvalue weighted by Gasteiger charge is 2.27. The largest absolute Gasteiger partial charge is 0.439 e. The predicted molar refractivity (Wildman–Crippen MR) is 75.0 cm³/mol. The zero-order chi connectivity index (χ0) is 13.4. The number of rotatable bonds is 3. The lowest BCUT2D eigenvalue weighted by molar-refractivity contribution is 0.459. The van der Waals surface area contributed by atoms with Crippen LogP contribution >= 0.6 is 23.2 Å². The van der Waals surface area contributed by atoms with Crippen LogP contribution in [0.1, 0.15) is 24.6 Å². The first-order valence-corrected chi connectivity index (χ1v) is 6.64. The van der Waals surface area contributed by atoms with Crippen LogP contribution in [0.4, 0.5) is 5.82 Å². The Kier molecular flexibility index (Phi) is 3.21. The van der Waals surface area contributed by atoms with Gasteiger partial charge in [0.1, 0.15) is 17.4 Å². The Balaban J connectivity index is 1.89. The van der Waals surface area contributed by atoms with Crippen LogP contribution in [0.25, 0.3) is 0 Å². The molecule has 1 aliphatic rings. The van der Waals surface area contributed by atoms with Crippen molar-refractivity contribution in [2.45, 2.75) is 18.8 Å². The van der Waals surface area contributed by atoms with Gasteiger partial charge in [-0.2, -0.15) is 4.98 Å². The van der Waals surface area contributed by atoms with Gasteiger partial charge in [0, 0.05) is 22.0 Å². The van der Waals surface area contributed by atoms with E-state index in [-0.39, 0.29) is 0 Å². The molecule has 1 heterocycles. The third-order valence-corrected chi connectivity index (χ3v) is 3.18. The Labute approximate surface area is 120 Å². The lowest BCUT2D eigenvalue weighted by Gasteiger charge is -2.08. The topological polar surface area (TPSA) is 61.0 Å². The second kappa shape index (κ2) is 4.87. The molecule has 1 aromatic heterocycles. The first-order valence-electron chi connectivity index (χ1n) is 5.88. The number of halogens is 2. The van der Waals surface area contributed by atoms with E-state index in [1.807, 2.05) is 0 Å². The summed E-state index contributed by atoms with van der Waals surface area (Å²) >= 11 is 11.8. The van der Waals surface area contributed by atoms with Crippen molar-refractivity contribution in [1.82, 2.24) is 9.97 Å². The Bertz CT molecular complexity index is 609. The average Bonchev–Trinajstić information content (AvgIpc) is 3.09. The molecular weight excluding hydrogens is 285 g/mol. The lowest BCUT2D eigenvalue weighted by Crippen LogP contribution is -2.00. The summed E-state index contributed by atoms with van der Waals surface area (Å²) in [4.78, 5) is 8.56. The average molecular weight is 296 g/mol. The summed E-state index contributed by atoms with van der Waals surface area (Å²) in [6, 6.07) is 6.56. The molecule has 3 rings (SSSR count). The molecule has 0 unspecified atom stereocenters. The highest BCUT2D eigenvalue weighted by Crippen LogP contribution is 2.39. The predicted octanol–water partition coefficient (Wildman–Crippen LogP) is 4.04. The van der Waals surface area contributed by atoms with E-state index in [4.69, 9.17) is 33.7 Å². The van der Waals surface area contributed by atoms with Gasteiger partial charge in [-0.25, -0.2) is 4.98 Å². The molecule has 1 aliphatic carbocycles. The maximum Gasteiger partial charge on any atom is 0.224 e. The summed E-state index contributed by atoms with van der Waals surface area (Å²) in [5, 5.41) is 1.01. The molecule has 0 aliphatic heterocycles. The van der Waals surface area contributed by atoms with Gasteiger partial charge < -0.3 is 10.5 Å². The van der Waals surface area contributed by atoms with E-state index >= 15 is 0 Å². The molecule has 0 atom stereocenters. The molecule has 2 N–H and O–H groups in total. The van der Waals surface area contributed by atoms with E-state index in [1.165, 1.54) is 0 Å². The number of hydrogen-bond acceptors (Lipinski definition) is 4. The van der Waals surface area contributed by atoms with E-state index in [1.54, 1.807) is 24.3 Å². The van der Waals surface area contributed by atoms with Crippen LogP contribution in [0.15, 0.2) is 24.3 Å². The van der Waals surface area contributed by atoms with Crippen molar-refractivity contribution in [3.05, 3.63) is 40.1 Å². The van der Waals surface area contributed by atoms with Gasteiger partial charge in [0.2, 0.25) is 5.88 Å². The highest BCUT2D eigenvalue weighted by atomic mass is 35.5. The third kappa shape index (κ3) is 3.08. The second-order valence-electron chi connectivity index (χ2n) is 4.47. The quantitative estimate of drug-likeness (QED) is 0.928. The number of nitrogens with two attached hydrogens (primary N) is 1. The molecule has 0 spiro atoms. The van der Waals surface area contributed by atoms with Gasteiger partial charge in [-0.15, -0.1) is 0 Å². The van der Waals surface area contributed by atoms with E-state index in [2.05, 4.69) is 9.97 Å². The van der Waals surface area contributed by atoms with Gasteiger partial charge in [0.15, 0.2) is 0 Å².